The van der Waals surface area contributed by atoms with Crippen molar-refractivity contribution in [1.29, 1.82) is 0 Å². The SMILES string of the molecule is [CH2]CCCC/C=C/CC#CCCCCCCCC. The third-order valence-corrected chi connectivity index (χ3v) is 3.04. The topological polar surface area (TPSA) is 0 Å². The molecule has 0 aliphatic rings. The average molecular weight is 247 g/mol. The third kappa shape index (κ3) is 15.3. The molecule has 0 amide bonds. The van der Waals surface area contributed by atoms with Gasteiger partial charge in [-0.05, 0) is 19.3 Å². The van der Waals surface area contributed by atoms with Crippen molar-refractivity contribution in [2.24, 2.45) is 0 Å². The fraction of sp³-hybridized carbons (Fsp3) is 0.722. The van der Waals surface area contributed by atoms with Crippen LogP contribution in [0.25, 0.3) is 0 Å². The molecule has 0 saturated heterocycles. The number of hydrogen-bond donors (Lipinski definition) is 0. The monoisotopic (exact) mass is 247 g/mol. The minimum Gasteiger partial charge on any atom is -0.103 e. The molecule has 0 aromatic carbocycles. The predicted octanol–water partition coefficient (Wildman–Crippen LogP) is 6.08. The van der Waals surface area contributed by atoms with Crippen molar-refractivity contribution < 1.29 is 0 Å². The highest BCUT2D eigenvalue weighted by Gasteiger charge is 1.87. The van der Waals surface area contributed by atoms with Crippen molar-refractivity contribution in [3.63, 3.8) is 0 Å². The van der Waals surface area contributed by atoms with Crippen LogP contribution in [0.2, 0.25) is 0 Å². The van der Waals surface area contributed by atoms with Crippen LogP contribution in [0.4, 0.5) is 0 Å². The lowest BCUT2D eigenvalue weighted by Crippen LogP contribution is -1.77. The summed E-state index contributed by atoms with van der Waals surface area (Å²) in [5, 5.41) is 0. The van der Waals surface area contributed by atoms with Crippen molar-refractivity contribution in [2.45, 2.75) is 84.0 Å². The zero-order valence-electron chi connectivity index (χ0n) is 12.3. The Morgan fingerprint density at radius 1 is 0.833 bits per heavy atom. The summed E-state index contributed by atoms with van der Waals surface area (Å²) in [5.41, 5.74) is 0. The second-order valence-electron chi connectivity index (χ2n) is 4.90. The smallest absolute Gasteiger partial charge is 0.0269 e. The number of allylic oxidation sites excluding steroid dienone is 2. The first-order chi connectivity index (χ1) is 8.91. The molecule has 0 atom stereocenters. The first-order valence-electron chi connectivity index (χ1n) is 7.81. The highest BCUT2D eigenvalue weighted by atomic mass is 13.9. The van der Waals surface area contributed by atoms with E-state index in [1.165, 1.54) is 57.8 Å². The lowest BCUT2D eigenvalue weighted by atomic mass is 10.1. The zero-order chi connectivity index (χ0) is 13.3. The molecule has 0 aromatic rings. The Morgan fingerprint density at radius 2 is 1.61 bits per heavy atom. The molecule has 0 nitrogen and oxygen atoms in total. The van der Waals surface area contributed by atoms with Gasteiger partial charge in [-0.1, -0.05) is 76.9 Å². The molecule has 0 N–H and O–H groups in total. The Labute approximate surface area is 115 Å². The molecular formula is C18H31. The van der Waals surface area contributed by atoms with Gasteiger partial charge in [0, 0.05) is 12.8 Å². The molecule has 0 saturated carbocycles. The Hall–Kier alpha value is -0.700. The summed E-state index contributed by atoms with van der Waals surface area (Å²) in [4.78, 5) is 0. The van der Waals surface area contributed by atoms with E-state index in [1.54, 1.807) is 0 Å². The van der Waals surface area contributed by atoms with Gasteiger partial charge in [0.1, 0.15) is 0 Å². The Balaban J connectivity index is 3.18. The second-order valence-corrected chi connectivity index (χ2v) is 4.90. The number of hydrogen-bond acceptors (Lipinski definition) is 0. The quantitative estimate of drug-likeness (QED) is 0.236. The molecule has 0 aliphatic carbocycles. The normalized spacial score (nSPS) is 10.6. The van der Waals surface area contributed by atoms with Gasteiger partial charge in [0.2, 0.25) is 0 Å². The van der Waals surface area contributed by atoms with Crippen LogP contribution in [0.3, 0.4) is 0 Å². The van der Waals surface area contributed by atoms with Crippen LogP contribution in [0.1, 0.15) is 84.0 Å². The molecule has 0 fully saturated rings. The van der Waals surface area contributed by atoms with Crippen LogP contribution in [-0.2, 0) is 0 Å². The van der Waals surface area contributed by atoms with Gasteiger partial charge >= 0.3 is 0 Å². The van der Waals surface area contributed by atoms with E-state index in [1.807, 2.05) is 0 Å². The molecule has 0 unspecified atom stereocenters. The van der Waals surface area contributed by atoms with Crippen molar-refractivity contribution in [1.82, 2.24) is 0 Å². The molecule has 0 spiro atoms. The standard InChI is InChI=1S/C18H31/c1-3-5-7-9-11-13-15-17-18-16-14-12-10-8-6-4-2/h11,13H,1,3-10,12,14-16H2,2H3/b13-11+. The minimum absolute atomic E-state index is 0.931. The van der Waals surface area contributed by atoms with E-state index in [9.17, 15) is 0 Å². The molecule has 0 bridgehead atoms. The average Bonchev–Trinajstić information content (AvgIpc) is 2.39. The molecule has 0 heteroatoms. The Morgan fingerprint density at radius 3 is 2.39 bits per heavy atom. The number of unbranched alkanes of at least 4 members (excludes halogenated alkanes) is 9. The Kier molecular flexibility index (Phi) is 15.7. The van der Waals surface area contributed by atoms with E-state index < -0.39 is 0 Å². The van der Waals surface area contributed by atoms with Crippen LogP contribution < -0.4 is 0 Å². The van der Waals surface area contributed by atoms with Crippen molar-refractivity contribution >= 4 is 0 Å². The summed E-state index contributed by atoms with van der Waals surface area (Å²) in [5.74, 6) is 6.50. The van der Waals surface area contributed by atoms with E-state index in [4.69, 9.17) is 0 Å². The van der Waals surface area contributed by atoms with Gasteiger partial charge in [-0.3, -0.25) is 0 Å². The summed E-state index contributed by atoms with van der Waals surface area (Å²) in [6, 6.07) is 0. The van der Waals surface area contributed by atoms with Gasteiger partial charge in [-0.15, -0.1) is 5.92 Å². The van der Waals surface area contributed by atoms with Crippen LogP contribution in [0.15, 0.2) is 12.2 Å². The van der Waals surface area contributed by atoms with Crippen molar-refractivity contribution in [3.05, 3.63) is 19.1 Å². The van der Waals surface area contributed by atoms with E-state index >= 15 is 0 Å². The van der Waals surface area contributed by atoms with Gasteiger partial charge in [-0.25, -0.2) is 0 Å². The van der Waals surface area contributed by atoms with Crippen LogP contribution in [0, 0.1) is 18.8 Å². The summed E-state index contributed by atoms with van der Waals surface area (Å²) in [6.07, 6.45) is 19.4. The first-order valence-corrected chi connectivity index (χ1v) is 7.81. The minimum atomic E-state index is 0.931. The third-order valence-electron chi connectivity index (χ3n) is 3.04. The van der Waals surface area contributed by atoms with Crippen LogP contribution in [-0.4, -0.2) is 0 Å². The second kappa shape index (κ2) is 16.3. The lowest BCUT2D eigenvalue weighted by Gasteiger charge is -1.96. The molecule has 1 radical (unpaired) electrons. The van der Waals surface area contributed by atoms with Gasteiger partial charge in [0.25, 0.3) is 0 Å². The molecule has 18 heavy (non-hydrogen) atoms. The maximum absolute atomic E-state index is 3.84. The van der Waals surface area contributed by atoms with Gasteiger partial charge in [0.05, 0.1) is 0 Å². The fourth-order valence-corrected chi connectivity index (χ4v) is 1.85. The summed E-state index contributed by atoms with van der Waals surface area (Å²) >= 11 is 0. The summed E-state index contributed by atoms with van der Waals surface area (Å²) in [7, 11) is 0. The lowest BCUT2D eigenvalue weighted by molar-refractivity contribution is 0.614. The molecule has 0 rings (SSSR count). The van der Waals surface area contributed by atoms with Gasteiger partial charge < -0.3 is 0 Å². The van der Waals surface area contributed by atoms with E-state index in [0.717, 1.165) is 19.3 Å². The van der Waals surface area contributed by atoms with E-state index in [0.29, 0.717) is 0 Å². The zero-order valence-corrected chi connectivity index (χ0v) is 12.3. The fourth-order valence-electron chi connectivity index (χ4n) is 1.85. The summed E-state index contributed by atoms with van der Waals surface area (Å²) in [6.45, 7) is 6.10. The van der Waals surface area contributed by atoms with Gasteiger partial charge in [-0.2, -0.15) is 0 Å². The Bertz CT molecular complexity index is 226. The molecule has 103 valence electrons. The summed E-state index contributed by atoms with van der Waals surface area (Å²) < 4.78 is 0. The van der Waals surface area contributed by atoms with E-state index in [-0.39, 0.29) is 0 Å². The maximum Gasteiger partial charge on any atom is 0.0269 e. The molecular weight excluding hydrogens is 216 g/mol. The van der Waals surface area contributed by atoms with Crippen molar-refractivity contribution in [3.8, 4) is 11.8 Å². The molecule has 0 aliphatic heterocycles. The van der Waals surface area contributed by atoms with E-state index in [2.05, 4.69) is 37.8 Å². The predicted molar refractivity (Wildman–Crippen MR) is 83.4 cm³/mol. The highest BCUT2D eigenvalue weighted by Crippen LogP contribution is 2.06. The van der Waals surface area contributed by atoms with Crippen LogP contribution >= 0.6 is 0 Å². The van der Waals surface area contributed by atoms with Crippen molar-refractivity contribution in [2.75, 3.05) is 0 Å². The molecule has 0 heterocycles. The maximum atomic E-state index is 3.84. The highest BCUT2D eigenvalue weighted by molar-refractivity contribution is 5.04. The number of rotatable bonds is 11. The van der Waals surface area contributed by atoms with Crippen LogP contribution in [0.5, 0.6) is 0 Å². The molecule has 0 aromatic heterocycles. The largest absolute Gasteiger partial charge is 0.103 e. The van der Waals surface area contributed by atoms with Gasteiger partial charge in [0.15, 0.2) is 0 Å². The first kappa shape index (κ1) is 17.3.